The van der Waals surface area contributed by atoms with E-state index in [1.807, 2.05) is 0 Å². The lowest BCUT2D eigenvalue weighted by atomic mass is 10.1. The predicted octanol–water partition coefficient (Wildman–Crippen LogP) is 0.632. The normalized spacial score (nSPS) is 17.8. The van der Waals surface area contributed by atoms with Crippen LogP contribution in [-0.4, -0.2) is 23.5 Å². The average molecular weight is 242 g/mol. The molecule has 1 heterocycles. The van der Waals surface area contributed by atoms with Gasteiger partial charge in [0.15, 0.2) is 0 Å². The number of nitrogens with one attached hydrogen (secondary N) is 2. The average Bonchev–Trinajstić information content (AvgIpc) is 2.51. The van der Waals surface area contributed by atoms with Crippen molar-refractivity contribution in [2.24, 2.45) is 0 Å². The minimum Gasteiger partial charge on any atom is -0.480 e. The first-order valence-electron chi connectivity index (χ1n) is 4.74. The molecule has 5 nitrogen and oxygen atoms in total. The fourth-order valence-corrected chi connectivity index (χ4v) is 1.70. The number of carbonyl (C=O) groups is 2. The van der Waals surface area contributed by atoms with Gasteiger partial charge in [-0.25, -0.2) is 8.78 Å². The third-order valence-corrected chi connectivity index (χ3v) is 2.36. The SMILES string of the molecule is O=C(O)CNC1C(=O)Nc2cc(F)cc(F)c21. The Morgan fingerprint density at radius 2 is 2.18 bits per heavy atom. The van der Waals surface area contributed by atoms with Crippen molar-refractivity contribution in [1.82, 2.24) is 5.32 Å². The Kier molecular flexibility index (Phi) is 2.76. The third-order valence-electron chi connectivity index (χ3n) is 2.36. The maximum Gasteiger partial charge on any atom is 0.317 e. The van der Waals surface area contributed by atoms with Crippen LogP contribution in [0.4, 0.5) is 14.5 Å². The largest absolute Gasteiger partial charge is 0.480 e. The van der Waals surface area contributed by atoms with Gasteiger partial charge in [0.05, 0.1) is 12.2 Å². The van der Waals surface area contributed by atoms with E-state index in [-0.39, 0.29) is 11.3 Å². The number of halogens is 2. The summed E-state index contributed by atoms with van der Waals surface area (Å²) in [6.07, 6.45) is 0. The number of benzene rings is 1. The zero-order valence-corrected chi connectivity index (χ0v) is 8.46. The van der Waals surface area contributed by atoms with E-state index in [1.54, 1.807) is 0 Å². The van der Waals surface area contributed by atoms with Crippen molar-refractivity contribution in [3.05, 3.63) is 29.3 Å². The Hall–Kier alpha value is -2.02. The second-order valence-corrected chi connectivity index (χ2v) is 3.55. The molecule has 0 radical (unpaired) electrons. The van der Waals surface area contributed by atoms with Crippen molar-refractivity contribution in [2.45, 2.75) is 6.04 Å². The van der Waals surface area contributed by atoms with E-state index >= 15 is 0 Å². The van der Waals surface area contributed by atoms with Gasteiger partial charge in [-0.2, -0.15) is 0 Å². The lowest BCUT2D eigenvalue weighted by molar-refractivity contribution is -0.136. The van der Waals surface area contributed by atoms with E-state index in [4.69, 9.17) is 5.11 Å². The molecule has 1 aromatic rings. The minimum absolute atomic E-state index is 0.0235. The number of hydrogen-bond donors (Lipinski definition) is 3. The molecule has 0 saturated carbocycles. The van der Waals surface area contributed by atoms with Crippen molar-refractivity contribution >= 4 is 17.6 Å². The summed E-state index contributed by atoms with van der Waals surface area (Å²) in [5.41, 5.74) is -0.0342. The highest BCUT2D eigenvalue weighted by molar-refractivity contribution is 6.02. The van der Waals surface area contributed by atoms with Gasteiger partial charge in [-0.1, -0.05) is 0 Å². The summed E-state index contributed by atoms with van der Waals surface area (Å²) >= 11 is 0. The molecule has 1 unspecified atom stereocenters. The van der Waals surface area contributed by atoms with Gasteiger partial charge in [0.2, 0.25) is 5.91 Å². The summed E-state index contributed by atoms with van der Waals surface area (Å²) in [4.78, 5) is 21.8. The van der Waals surface area contributed by atoms with E-state index in [1.165, 1.54) is 0 Å². The summed E-state index contributed by atoms with van der Waals surface area (Å²) in [5, 5.41) is 13.1. The van der Waals surface area contributed by atoms with Crippen molar-refractivity contribution < 1.29 is 23.5 Å². The molecular formula is C10H8F2N2O3. The Morgan fingerprint density at radius 3 is 2.82 bits per heavy atom. The van der Waals surface area contributed by atoms with Crippen molar-refractivity contribution in [3.8, 4) is 0 Å². The first-order valence-corrected chi connectivity index (χ1v) is 4.74. The number of carbonyl (C=O) groups excluding carboxylic acids is 1. The van der Waals surface area contributed by atoms with Gasteiger partial charge in [0.25, 0.3) is 0 Å². The van der Waals surface area contributed by atoms with Crippen molar-refractivity contribution in [2.75, 3.05) is 11.9 Å². The van der Waals surface area contributed by atoms with Crippen LogP contribution < -0.4 is 10.6 Å². The lowest BCUT2D eigenvalue weighted by Crippen LogP contribution is -2.32. The van der Waals surface area contributed by atoms with Gasteiger partial charge in [0.1, 0.15) is 17.7 Å². The van der Waals surface area contributed by atoms with Gasteiger partial charge in [-0.3, -0.25) is 14.9 Å². The third kappa shape index (κ3) is 2.09. The molecule has 7 heteroatoms. The van der Waals surface area contributed by atoms with Gasteiger partial charge in [-0.05, 0) is 6.07 Å². The molecule has 0 spiro atoms. The molecule has 0 aromatic heterocycles. The highest BCUT2D eigenvalue weighted by Gasteiger charge is 2.33. The maximum absolute atomic E-state index is 13.5. The van der Waals surface area contributed by atoms with Crippen LogP contribution >= 0.6 is 0 Å². The van der Waals surface area contributed by atoms with Crippen LogP contribution in [0, 0.1) is 11.6 Å². The van der Waals surface area contributed by atoms with Crippen LogP contribution in [0.1, 0.15) is 11.6 Å². The molecule has 3 N–H and O–H groups in total. The van der Waals surface area contributed by atoms with E-state index in [2.05, 4.69) is 10.6 Å². The monoisotopic (exact) mass is 242 g/mol. The Bertz CT molecular complexity index is 505. The van der Waals surface area contributed by atoms with Crippen LogP contribution in [0.2, 0.25) is 0 Å². The van der Waals surface area contributed by atoms with Gasteiger partial charge in [0, 0.05) is 11.6 Å². The van der Waals surface area contributed by atoms with Gasteiger partial charge in [-0.15, -0.1) is 0 Å². The molecule has 0 saturated heterocycles. The van der Waals surface area contributed by atoms with E-state index < -0.39 is 36.1 Å². The number of carboxylic acids is 1. The van der Waals surface area contributed by atoms with Crippen LogP contribution in [-0.2, 0) is 9.59 Å². The second kappa shape index (κ2) is 4.10. The smallest absolute Gasteiger partial charge is 0.317 e. The number of carboxylic acid groups (broad SMARTS) is 1. The van der Waals surface area contributed by atoms with E-state index in [0.29, 0.717) is 6.07 Å². The van der Waals surface area contributed by atoms with Crippen LogP contribution in [0.5, 0.6) is 0 Å². The summed E-state index contributed by atoms with van der Waals surface area (Å²) in [5.74, 6) is -3.47. The molecule has 0 aliphatic carbocycles. The zero-order valence-electron chi connectivity index (χ0n) is 8.46. The molecule has 1 atom stereocenters. The van der Waals surface area contributed by atoms with Crippen molar-refractivity contribution in [3.63, 3.8) is 0 Å². The molecule has 17 heavy (non-hydrogen) atoms. The van der Waals surface area contributed by atoms with Gasteiger partial charge < -0.3 is 10.4 Å². The maximum atomic E-state index is 13.5. The number of rotatable bonds is 3. The Balaban J connectivity index is 2.33. The van der Waals surface area contributed by atoms with Crippen LogP contribution in [0.15, 0.2) is 12.1 Å². The van der Waals surface area contributed by atoms with E-state index in [9.17, 15) is 18.4 Å². The minimum atomic E-state index is -1.17. The number of aliphatic carboxylic acids is 1. The molecule has 0 bridgehead atoms. The summed E-state index contributed by atoms with van der Waals surface area (Å²) < 4.78 is 26.4. The number of fused-ring (bicyclic) bond motifs is 1. The summed E-state index contributed by atoms with van der Waals surface area (Å²) in [6.45, 7) is -0.492. The summed E-state index contributed by atoms with van der Waals surface area (Å²) in [6, 6.07) is 0.523. The Morgan fingerprint density at radius 1 is 1.47 bits per heavy atom. The number of amides is 1. The lowest BCUT2D eigenvalue weighted by Gasteiger charge is -2.09. The van der Waals surface area contributed by atoms with E-state index in [0.717, 1.165) is 6.07 Å². The first-order chi connectivity index (χ1) is 7.99. The molecule has 1 aliphatic heterocycles. The molecule has 2 rings (SSSR count). The number of hydrogen-bond acceptors (Lipinski definition) is 3. The summed E-state index contributed by atoms with van der Waals surface area (Å²) in [7, 11) is 0. The van der Waals surface area contributed by atoms with Gasteiger partial charge >= 0.3 is 5.97 Å². The fourth-order valence-electron chi connectivity index (χ4n) is 1.70. The topological polar surface area (TPSA) is 78.4 Å². The highest BCUT2D eigenvalue weighted by atomic mass is 19.1. The predicted molar refractivity (Wildman–Crippen MR) is 53.4 cm³/mol. The molecule has 90 valence electrons. The standard InChI is InChI=1S/C10H8F2N2O3/c11-4-1-5(12)8-6(2-4)14-10(17)9(8)13-3-7(15)16/h1-2,9,13H,3H2,(H,14,17)(H,15,16). The second-order valence-electron chi connectivity index (χ2n) is 3.55. The number of anilines is 1. The molecule has 1 amide bonds. The molecule has 0 fully saturated rings. The first kappa shape index (κ1) is 11.5. The fraction of sp³-hybridized carbons (Fsp3) is 0.200. The zero-order chi connectivity index (χ0) is 12.6. The van der Waals surface area contributed by atoms with Crippen LogP contribution in [0.25, 0.3) is 0 Å². The molecule has 1 aromatic carbocycles. The highest BCUT2D eigenvalue weighted by Crippen LogP contribution is 2.33. The molecular weight excluding hydrogens is 234 g/mol. The van der Waals surface area contributed by atoms with Crippen molar-refractivity contribution in [1.29, 1.82) is 0 Å². The molecule has 1 aliphatic rings. The Labute approximate surface area is 94.4 Å². The van der Waals surface area contributed by atoms with Crippen LogP contribution in [0.3, 0.4) is 0 Å². The quantitative estimate of drug-likeness (QED) is 0.726.